The highest BCUT2D eigenvalue weighted by atomic mass is 35.5. The maximum absolute atomic E-state index is 5.98. The van der Waals surface area contributed by atoms with Crippen molar-refractivity contribution in [1.29, 1.82) is 0 Å². The lowest BCUT2D eigenvalue weighted by Gasteiger charge is -2.06. The third-order valence-electron chi connectivity index (χ3n) is 3.24. The van der Waals surface area contributed by atoms with Crippen molar-refractivity contribution >= 4 is 11.6 Å². The predicted octanol–water partition coefficient (Wildman–Crippen LogP) is 3.54. The quantitative estimate of drug-likeness (QED) is 0.824. The van der Waals surface area contributed by atoms with Gasteiger partial charge in [-0.2, -0.15) is 0 Å². The van der Waals surface area contributed by atoms with Crippen molar-refractivity contribution in [1.82, 2.24) is 5.32 Å². The second-order valence-electron chi connectivity index (χ2n) is 4.47. The molecule has 0 aromatic heterocycles. The van der Waals surface area contributed by atoms with Crippen molar-refractivity contribution < 1.29 is 0 Å². The van der Waals surface area contributed by atoms with E-state index in [1.807, 2.05) is 6.07 Å². The summed E-state index contributed by atoms with van der Waals surface area (Å²) >= 11 is 5.98. The Kier molecular flexibility index (Phi) is 3.32. The van der Waals surface area contributed by atoms with Crippen LogP contribution in [0.1, 0.15) is 30.9 Å². The average molecular weight is 224 g/mol. The van der Waals surface area contributed by atoms with Crippen molar-refractivity contribution in [3.63, 3.8) is 0 Å². The van der Waals surface area contributed by atoms with Crippen LogP contribution in [0.3, 0.4) is 0 Å². The fraction of sp³-hybridized carbons (Fsp3) is 0.538. The van der Waals surface area contributed by atoms with Gasteiger partial charge in [0.25, 0.3) is 0 Å². The van der Waals surface area contributed by atoms with Gasteiger partial charge in [-0.15, -0.1) is 0 Å². The largest absolute Gasteiger partial charge is 0.310 e. The summed E-state index contributed by atoms with van der Waals surface area (Å²) in [6.07, 6.45) is 2.65. The second kappa shape index (κ2) is 4.54. The highest BCUT2D eigenvalue weighted by Crippen LogP contribution is 2.33. The minimum Gasteiger partial charge on any atom is -0.310 e. The van der Waals surface area contributed by atoms with Gasteiger partial charge in [0.2, 0.25) is 0 Å². The molecule has 1 aromatic carbocycles. The van der Waals surface area contributed by atoms with Crippen molar-refractivity contribution in [2.24, 2.45) is 5.92 Å². The molecule has 1 saturated carbocycles. The zero-order valence-electron chi connectivity index (χ0n) is 9.39. The minimum absolute atomic E-state index is 0.756. The van der Waals surface area contributed by atoms with E-state index in [9.17, 15) is 0 Å². The Balaban J connectivity index is 1.86. The van der Waals surface area contributed by atoms with E-state index in [1.165, 1.54) is 24.0 Å². The van der Waals surface area contributed by atoms with Crippen molar-refractivity contribution in [3.8, 4) is 0 Å². The number of hydrogen-bond donors (Lipinski definition) is 1. The van der Waals surface area contributed by atoms with Gasteiger partial charge < -0.3 is 5.32 Å². The molecule has 1 N–H and O–H groups in total. The maximum Gasteiger partial charge on any atom is 0.0435 e. The summed E-state index contributed by atoms with van der Waals surface area (Å²) in [4.78, 5) is 0. The first kappa shape index (κ1) is 11.0. The summed E-state index contributed by atoms with van der Waals surface area (Å²) < 4.78 is 0. The lowest BCUT2D eigenvalue weighted by atomic mass is 10.1. The van der Waals surface area contributed by atoms with E-state index in [-0.39, 0.29) is 0 Å². The van der Waals surface area contributed by atoms with Gasteiger partial charge in [-0.05, 0) is 36.5 Å². The lowest BCUT2D eigenvalue weighted by molar-refractivity contribution is 0.623. The summed E-state index contributed by atoms with van der Waals surface area (Å²) in [7, 11) is 0. The van der Waals surface area contributed by atoms with Crippen LogP contribution in [0, 0.1) is 12.8 Å². The summed E-state index contributed by atoms with van der Waals surface area (Å²) in [5.74, 6) is 0.915. The van der Waals surface area contributed by atoms with Gasteiger partial charge in [-0.3, -0.25) is 0 Å². The highest BCUT2D eigenvalue weighted by molar-refractivity contribution is 6.31. The monoisotopic (exact) mass is 223 g/mol. The minimum atomic E-state index is 0.756. The molecule has 2 atom stereocenters. The third-order valence-corrected chi connectivity index (χ3v) is 3.66. The van der Waals surface area contributed by atoms with E-state index in [1.54, 1.807) is 0 Å². The van der Waals surface area contributed by atoms with E-state index in [0.29, 0.717) is 0 Å². The standard InChI is InChI=1S/C13H18ClN/c1-3-11-7-13(11)15-8-10-4-5-12(14)9(2)6-10/h4-6,11,13,15H,3,7-8H2,1-2H3/t11-,13-/m1/s1. The van der Waals surface area contributed by atoms with Crippen LogP contribution in [-0.4, -0.2) is 6.04 Å². The SMILES string of the molecule is CC[C@@H]1C[C@H]1NCc1ccc(Cl)c(C)c1. The Labute approximate surface area is 96.8 Å². The van der Waals surface area contributed by atoms with Gasteiger partial charge >= 0.3 is 0 Å². The van der Waals surface area contributed by atoms with Crippen LogP contribution < -0.4 is 5.32 Å². The van der Waals surface area contributed by atoms with E-state index in [0.717, 1.165) is 23.5 Å². The molecule has 0 amide bonds. The van der Waals surface area contributed by atoms with Crippen LogP contribution in [0.25, 0.3) is 0 Å². The topological polar surface area (TPSA) is 12.0 Å². The zero-order chi connectivity index (χ0) is 10.8. The Hall–Kier alpha value is -0.530. The van der Waals surface area contributed by atoms with Crippen LogP contribution in [0.4, 0.5) is 0 Å². The number of rotatable bonds is 4. The van der Waals surface area contributed by atoms with Crippen LogP contribution in [0.15, 0.2) is 18.2 Å². The molecule has 0 unspecified atom stereocenters. The van der Waals surface area contributed by atoms with Gasteiger partial charge in [0, 0.05) is 17.6 Å². The fourth-order valence-electron chi connectivity index (χ4n) is 2.01. The first-order valence-electron chi connectivity index (χ1n) is 5.69. The van der Waals surface area contributed by atoms with E-state index in [4.69, 9.17) is 11.6 Å². The van der Waals surface area contributed by atoms with Crippen molar-refractivity contribution in [2.75, 3.05) is 0 Å². The van der Waals surface area contributed by atoms with Gasteiger partial charge in [0.15, 0.2) is 0 Å². The van der Waals surface area contributed by atoms with Crippen molar-refractivity contribution in [2.45, 2.75) is 39.3 Å². The number of hydrogen-bond acceptors (Lipinski definition) is 1. The van der Waals surface area contributed by atoms with Crippen molar-refractivity contribution in [3.05, 3.63) is 34.3 Å². The van der Waals surface area contributed by atoms with Crippen LogP contribution in [-0.2, 0) is 6.54 Å². The van der Waals surface area contributed by atoms with Gasteiger partial charge in [-0.25, -0.2) is 0 Å². The molecule has 1 aromatic rings. The predicted molar refractivity (Wildman–Crippen MR) is 65.2 cm³/mol. The van der Waals surface area contributed by atoms with Crippen LogP contribution in [0.2, 0.25) is 5.02 Å². The Morgan fingerprint density at radius 2 is 2.27 bits per heavy atom. The molecule has 15 heavy (non-hydrogen) atoms. The molecule has 1 aliphatic rings. The molecule has 0 bridgehead atoms. The third kappa shape index (κ3) is 2.73. The molecule has 82 valence electrons. The maximum atomic E-state index is 5.98. The molecule has 1 nitrogen and oxygen atoms in total. The summed E-state index contributed by atoms with van der Waals surface area (Å²) in [6, 6.07) is 7.01. The highest BCUT2D eigenvalue weighted by Gasteiger charge is 2.34. The van der Waals surface area contributed by atoms with Crippen LogP contribution >= 0.6 is 11.6 Å². The molecule has 0 spiro atoms. The summed E-state index contributed by atoms with van der Waals surface area (Å²) in [5.41, 5.74) is 2.50. The Morgan fingerprint density at radius 3 is 2.87 bits per heavy atom. The molecule has 0 heterocycles. The zero-order valence-corrected chi connectivity index (χ0v) is 10.1. The number of nitrogens with one attached hydrogen (secondary N) is 1. The second-order valence-corrected chi connectivity index (χ2v) is 4.88. The molecular weight excluding hydrogens is 206 g/mol. The first-order chi connectivity index (χ1) is 7.20. The molecule has 0 aliphatic heterocycles. The smallest absolute Gasteiger partial charge is 0.0435 e. The van der Waals surface area contributed by atoms with E-state index < -0.39 is 0 Å². The number of halogens is 1. The molecule has 0 saturated heterocycles. The molecule has 2 heteroatoms. The molecule has 0 radical (unpaired) electrons. The van der Waals surface area contributed by atoms with Gasteiger partial charge in [0.05, 0.1) is 0 Å². The molecule has 1 fully saturated rings. The molecular formula is C13H18ClN. The Bertz CT molecular complexity index is 348. The molecule has 1 aliphatic carbocycles. The van der Waals surface area contributed by atoms with E-state index in [2.05, 4.69) is 31.3 Å². The Morgan fingerprint density at radius 1 is 1.47 bits per heavy atom. The van der Waals surface area contributed by atoms with Gasteiger partial charge in [0.1, 0.15) is 0 Å². The molecule has 2 rings (SSSR count). The van der Waals surface area contributed by atoms with E-state index >= 15 is 0 Å². The summed E-state index contributed by atoms with van der Waals surface area (Å²) in [5, 5.41) is 4.44. The van der Waals surface area contributed by atoms with Gasteiger partial charge in [-0.1, -0.05) is 37.1 Å². The summed E-state index contributed by atoms with van der Waals surface area (Å²) in [6.45, 7) is 5.29. The fourth-order valence-corrected chi connectivity index (χ4v) is 2.13. The number of benzene rings is 1. The normalized spacial score (nSPS) is 24.2. The average Bonchev–Trinajstić information content (AvgIpc) is 2.98. The first-order valence-corrected chi connectivity index (χ1v) is 6.07. The van der Waals surface area contributed by atoms with Crippen LogP contribution in [0.5, 0.6) is 0 Å². The lowest BCUT2D eigenvalue weighted by Crippen LogP contribution is -2.17. The number of aryl methyl sites for hydroxylation is 1.